The molecule has 1 aromatic heterocycles. The summed E-state index contributed by atoms with van der Waals surface area (Å²) in [4.78, 5) is 40.5. The number of amides is 3. The van der Waals surface area contributed by atoms with Gasteiger partial charge in [0.05, 0.1) is 63.8 Å². The third kappa shape index (κ3) is 3.54. The molecule has 5 rings (SSSR count). The molecule has 194 valence electrons. The normalized spacial score (nSPS) is 31.4. The topological polar surface area (TPSA) is 148 Å². The minimum Gasteiger partial charge on any atom is -0.387 e. The third-order valence-corrected chi connectivity index (χ3v) is 7.61. The number of nitrogens with zero attached hydrogens (tertiary/aromatic N) is 3. The summed E-state index contributed by atoms with van der Waals surface area (Å²) in [7, 11) is 0. The number of rotatable bonds is 4. The van der Waals surface area contributed by atoms with Crippen LogP contribution in [0.25, 0.3) is 0 Å². The lowest BCUT2D eigenvalue weighted by Gasteiger charge is -2.35. The van der Waals surface area contributed by atoms with Crippen molar-refractivity contribution in [2.75, 3.05) is 4.90 Å². The predicted octanol–water partition coefficient (Wildman–Crippen LogP) is 2.21. The molecule has 6 atom stereocenters. The molecule has 10 nitrogen and oxygen atoms in total. The number of aromatic amines is 1. The zero-order valence-corrected chi connectivity index (χ0v) is 19.9. The molecular formula is C24H22F3N5O5. The van der Waals surface area contributed by atoms with Crippen molar-refractivity contribution < 1.29 is 37.4 Å². The minimum absolute atomic E-state index is 0.0108. The van der Waals surface area contributed by atoms with Crippen molar-refractivity contribution in [2.45, 2.75) is 56.7 Å². The molecule has 2 bridgehead atoms. The largest absolute Gasteiger partial charge is 0.417 e. The molecule has 0 radical (unpaired) electrons. The number of anilines is 1. The molecule has 2 aromatic rings. The number of benzene rings is 1. The SMILES string of the molecule is CC(O)c1cc(C(=O)N[C@@H]2C[C@@]3(C)O[C@]2(C)C2C(=O)N(c4ccc(C#N)c(C(F)(F)F)c4)C(=O)[C@@H]23)n[nH]1. The molecule has 37 heavy (non-hydrogen) atoms. The number of aliphatic hydroxyl groups excluding tert-OH is 1. The number of nitrogens with one attached hydrogen (secondary N) is 2. The number of aliphatic hydroxyl groups is 1. The monoisotopic (exact) mass is 517 g/mol. The Kier molecular flexibility index (Phi) is 5.30. The van der Waals surface area contributed by atoms with E-state index in [1.807, 2.05) is 0 Å². The number of aromatic nitrogens is 2. The quantitative estimate of drug-likeness (QED) is 0.527. The lowest BCUT2D eigenvalue weighted by molar-refractivity contribution is -0.138. The van der Waals surface area contributed by atoms with E-state index in [1.165, 1.54) is 19.1 Å². The Bertz CT molecular complexity index is 1380. The Hall–Kier alpha value is -3.76. The van der Waals surface area contributed by atoms with Gasteiger partial charge in [-0.15, -0.1) is 0 Å². The van der Waals surface area contributed by atoms with Gasteiger partial charge in [0.25, 0.3) is 5.91 Å². The van der Waals surface area contributed by atoms with Gasteiger partial charge in [0.1, 0.15) is 5.69 Å². The van der Waals surface area contributed by atoms with Crippen LogP contribution >= 0.6 is 0 Å². The Labute approximate surface area is 208 Å². The van der Waals surface area contributed by atoms with Gasteiger partial charge in [-0.2, -0.15) is 23.5 Å². The number of carbonyl (C=O) groups is 3. The van der Waals surface area contributed by atoms with E-state index in [0.717, 1.165) is 17.0 Å². The van der Waals surface area contributed by atoms with Gasteiger partial charge in [-0.25, -0.2) is 4.90 Å². The van der Waals surface area contributed by atoms with E-state index in [2.05, 4.69) is 15.5 Å². The molecule has 0 aliphatic carbocycles. The van der Waals surface area contributed by atoms with Crippen LogP contribution in [0, 0.1) is 23.2 Å². The van der Waals surface area contributed by atoms with Crippen molar-refractivity contribution in [2.24, 2.45) is 11.8 Å². The van der Waals surface area contributed by atoms with Crippen LogP contribution in [0.15, 0.2) is 24.3 Å². The van der Waals surface area contributed by atoms with Crippen LogP contribution in [-0.4, -0.2) is 50.3 Å². The number of ether oxygens (including phenoxy) is 1. The molecule has 0 spiro atoms. The lowest BCUT2D eigenvalue weighted by Crippen LogP contribution is -2.56. The van der Waals surface area contributed by atoms with Crippen LogP contribution < -0.4 is 10.2 Å². The average molecular weight is 517 g/mol. The van der Waals surface area contributed by atoms with Crippen LogP contribution in [0.3, 0.4) is 0 Å². The van der Waals surface area contributed by atoms with E-state index < -0.39 is 70.2 Å². The molecule has 3 fully saturated rings. The smallest absolute Gasteiger partial charge is 0.387 e. The number of halogens is 3. The second-order valence-electron chi connectivity index (χ2n) is 10.0. The first kappa shape index (κ1) is 24.9. The van der Waals surface area contributed by atoms with Crippen molar-refractivity contribution in [1.29, 1.82) is 5.26 Å². The summed E-state index contributed by atoms with van der Waals surface area (Å²) in [6.45, 7) is 4.73. The van der Waals surface area contributed by atoms with Crippen molar-refractivity contribution in [3.63, 3.8) is 0 Å². The molecule has 1 aromatic carbocycles. The van der Waals surface area contributed by atoms with E-state index in [9.17, 15) is 32.7 Å². The maximum absolute atomic E-state index is 13.6. The van der Waals surface area contributed by atoms with Gasteiger partial charge in [0.15, 0.2) is 0 Å². The molecule has 2 unspecified atom stereocenters. The molecule has 3 N–H and O–H groups in total. The van der Waals surface area contributed by atoms with Gasteiger partial charge >= 0.3 is 6.18 Å². The average Bonchev–Trinajstić information content (AvgIpc) is 3.52. The molecule has 0 saturated carbocycles. The Morgan fingerprint density at radius 3 is 2.57 bits per heavy atom. The standard InChI is InChI=1S/C24H22F3N5O5/c1-10(33)14-7-15(31-30-14)19(34)29-16-8-22(2)17-18(23(16,3)37-22)21(36)32(20(17)35)12-5-4-11(9-28)13(6-12)24(25,26)27/h4-7,10,16-18,33H,8H2,1-3H3,(H,29,34)(H,30,31)/t10?,16-,17-,18?,22-,23+/m1/s1. The zero-order valence-electron chi connectivity index (χ0n) is 19.9. The highest BCUT2D eigenvalue weighted by molar-refractivity contribution is 6.23. The number of fused-ring (bicyclic) bond motifs is 5. The Balaban J connectivity index is 1.46. The fourth-order valence-corrected chi connectivity index (χ4v) is 5.91. The number of hydrogen-bond donors (Lipinski definition) is 3. The summed E-state index contributed by atoms with van der Waals surface area (Å²) in [5, 5.41) is 28.0. The van der Waals surface area contributed by atoms with Crippen molar-refractivity contribution >= 4 is 23.4 Å². The van der Waals surface area contributed by atoms with E-state index in [-0.39, 0.29) is 17.8 Å². The van der Waals surface area contributed by atoms with E-state index in [0.29, 0.717) is 11.8 Å². The number of carbonyl (C=O) groups excluding carboxylic acids is 3. The molecule has 3 saturated heterocycles. The van der Waals surface area contributed by atoms with Crippen LogP contribution in [0.2, 0.25) is 0 Å². The van der Waals surface area contributed by atoms with Gasteiger partial charge in [-0.1, -0.05) is 0 Å². The van der Waals surface area contributed by atoms with Crippen LogP contribution in [-0.2, 0) is 20.5 Å². The Morgan fingerprint density at radius 1 is 1.30 bits per heavy atom. The van der Waals surface area contributed by atoms with Crippen LogP contribution in [0.5, 0.6) is 0 Å². The fourth-order valence-electron chi connectivity index (χ4n) is 5.91. The summed E-state index contributed by atoms with van der Waals surface area (Å²) in [6, 6.07) is 4.84. The summed E-state index contributed by atoms with van der Waals surface area (Å²) >= 11 is 0. The number of imide groups is 1. The molecule has 3 aliphatic heterocycles. The number of H-pyrrole nitrogens is 1. The third-order valence-electron chi connectivity index (χ3n) is 7.61. The molecular weight excluding hydrogens is 495 g/mol. The van der Waals surface area contributed by atoms with Gasteiger partial charge in [0.2, 0.25) is 11.8 Å². The van der Waals surface area contributed by atoms with Crippen LogP contribution in [0.1, 0.15) is 60.6 Å². The second kappa shape index (κ2) is 7.87. The Morgan fingerprint density at radius 2 is 1.97 bits per heavy atom. The summed E-state index contributed by atoms with van der Waals surface area (Å²) in [5.41, 5.74) is -4.30. The minimum atomic E-state index is -4.86. The molecule has 4 heterocycles. The predicted molar refractivity (Wildman–Crippen MR) is 119 cm³/mol. The van der Waals surface area contributed by atoms with E-state index in [4.69, 9.17) is 10.00 Å². The van der Waals surface area contributed by atoms with Crippen LogP contribution in [0.4, 0.5) is 18.9 Å². The molecule has 3 aliphatic rings. The second-order valence-corrected chi connectivity index (χ2v) is 10.0. The van der Waals surface area contributed by atoms with Gasteiger partial charge in [-0.05, 0) is 45.0 Å². The molecule has 3 amide bonds. The fraction of sp³-hybridized carbons (Fsp3) is 0.458. The van der Waals surface area contributed by atoms with Gasteiger partial charge in [-0.3, -0.25) is 19.5 Å². The summed E-state index contributed by atoms with van der Waals surface area (Å²) in [6.07, 6.45) is -5.55. The molecule has 13 heteroatoms. The highest BCUT2D eigenvalue weighted by Crippen LogP contribution is 2.61. The number of alkyl halides is 3. The number of nitriles is 1. The highest BCUT2D eigenvalue weighted by atomic mass is 19.4. The van der Waals surface area contributed by atoms with Crippen molar-refractivity contribution in [3.8, 4) is 6.07 Å². The maximum Gasteiger partial charge on any atom is 0.417 e. The highest BCUT2D eigenvalue weighted by Gasteiger charge is 2.76. The maximum atomic E-state index is 13.6. The van der Waals surface area contributed by atoms with Crippen molar-refractivity contribution in [3.05, 3.63) is 46.8 Å². The van der Waals surface area contributed by atoms with Crippen molar-refractivity contribution in [1.82, 2.24) is 15.5 Å². The number of hydrogen-bond acceptors (Lipinski definition) is 7. The van der Waals surface area contributed by atoms with E-state index >= 15 is 0 Å². The zero-order chi connectivity index (χ0) is 27.1. The summed E-state index contributed by atoms with van der Waals surface area (Å²) in [5.74, 6) is -4.04. The van der Waals surface area contributed by atoms with E-state index in [1.54, 1.807) is 13.8 Å². The van der Waals surface area contributed by atoms with Gasteiger partial charge < -0.3 is 15.2 Å². The summed E-state index contributed by atoms with van der Waals surface area (Å²) < 4.78 is 46.7. The first-order valence-electron chi connectivity index (χ1n) is 11.4. The lowest BCUT2D eigenvalue weighted by atomic mass is 9.66. The first-order chi connectivity index (χ1) is 17.2. The van der Waals surface area contributed by atoms with Gasteiger partial charge in [0, 0.05) is 6.42 Å². The first-order valence-corrected chi connectivity index (χ1v) is 11.4.